The number of aliphatic carboxylic acids is 1. The maximum Gasteiger partial charge on any atom is 0.328 e. The molecule has 2 N–H and O–H groups in total. The maximum atomic E-state index is 10.6. The Labute approximate surface area is 72.4 Å². The van der Waals surface area contributed by atoms with Gasteiger partial charge in [0.25, 0.3) is 0 Å². The highest BCUT2D eigenvalue weighted by Crippen LogP contribution is 1.77. The number of carboxylic acids is 1. The van der Waals surface area contributed by atoms with E-state index >= 15 is 0 Å². The predicted molar refractivity (Wildman–Crippen MR) is 43.6 cm³/mol. The Bertz CT molecular complexity index is 179. The molecule has 0 rings (SSSR count). The standard InChI is InChI=1S/C6H8BrNO3/c7-3-4-8-5(9)1-2-6(10)11/h1-2H,3-4H2,(H,8,9)(H,10,11)/b2-1+. The highest BCUT2D eigenvalue weighted by molar-refractivity contribution is 9.09. The summed E-state index contributed by atoms with van der Waals surface area (Å²) in [6.07, 6.45) is 1.77. The van der Waals surface area contributed by atoms with Gasteiger partial charge in [0.15, 0.2) is 0 Å². The van der Waals surface area contributed by atoms with Gasteiger partial charge >= 0.3 is 5.97 Å². The fourth-order valence-electron chi connectivity index (χ4n) is 0.376. The van der Waals surface area contributed by atoms with Gasteiger partial charge in [-0.25, -0.2) is 4.79 Å². The van der Waals surface area contributed by atoms with Crippen molar-refractivity contribution in [3.63, 3.8) is 0 Å². The van der Waals surface area contributed by atoms with Gasteiger partial charge in [-0.1, -0.05) is 15.9 Å². The molecule has 0 saturated carbocycles. The Morgan fingerprint density at radius 2 is 2.09 bits per heavy atom. The van der Waals surface area contributed by atoms with E-state index in [0.29, 0.717) is 11.9 Å². The largest absolute Gasteiger partial charge is 0.478 e. The third-order valence-electron chi connectivity index (χ3n) is 0.771. The Morgan fingerprint density at radius 1 is 1.45 bits per heavy atom. The number of carboxylic acid groups (broad SMARTS) is 1. The molecule has 0 aliphatic rings. The topological polar surface area (TPSA) is 66.4 Å². The first-order chi connectivity index (χ1) is 5.16. The molecule has 11 heavy (non-hydrogen) atoms. The molecule has 0 radical (unpaired) electrons. The molecule has 0 aromatic rings. The summed E-state index contributed by atoms with van der Waals surface area (Å²) in [7, 11) is 0. The lowest BCUT2D eigenvalue weighted by Gasteiger charge is -1.94. The first kappa shape index (κ1) is 10.2. The highest BCUT2D eigenvalue weighted by Gasteiger charge is 1.93. The van der Waals surface area contributed by atoms with Crippen LogP contribution in [0.1, 0.15) is 0 Å². The Morgan fingerprint density at radius 3 is 2.55 bits per heavy atom. The van der Waals surface area contributed by atoms with Gasteiger partial charge in [0, 0.05) is 24.0 Å². The molecule has 4 nitrogen and oxygen atoms in total. The Kier molecular flexibility index (Phi) is 5.46. The lowest BCUT2D eigenvalue weighted by Crippen LogP contribution is -2.23. The summed E-state index contributed by atoms with van der Waals surface area (Å²) in [4.78, 5) is 20.5. The van der Waals surface area contributed by atoms with Crippen LogP contribution in [0.2, 0.25) is 0 Å². The monoisotopic (exact) mass is 221 g/mol. The highest BCUT2D eigenvalue weighted by atomic mass is 79.9. The van der Waals surface area contributed by atoms with Crippen LogP contribution in [0, 0.1) is 0 Å². The molecule has 0 aromatic carbocycles. The molecule has 0 atom stereocenters. The normalized spacial score (nSPS) is 9.91. The summed E-state index contributed by atoms with van der Waals surface area (Å²) in [6, 6.07) is 0. The number of rotatable bonds is 4. The number of alkyl halides is 1. The number of nitrogens with one attached hydrogen (secondary N) is 1. The number of carbonyl (C=O) groups excluding carboxylic acids is 1. The van der Waals surface area contributed by atoms with Crippen molar-refractivity contribution in [1.29, 1.82) is 0 Å². The number of halogens is 1. The summed E-state index contributed by atoms with van der Waals surface area (Å²) < 4.78 is 0. The summed E-state index contributed by atoms with van der Waals surface area (Å²) in [5.74, 6) is -1.52. The van der Waals surface area contributed by atoms with E-state index in [1.807, 2.05) is 0 Å². The third kappa shape index (κ3) is 7.05. The number of carbonyl (C=O) groups is 2. The van der Waals surface area contributed by atoms with Gasteiger partial charge in [0.2, 0.25) is 5.91 Å². The van der Waals surface area contributed by atoms with Crippen molar-refractivity contribution in [2.24, 2.45) is 0 Å². The maximum absolute atomic E-state index is 10.6. The zero-order valence-corrected chi connectivity index (χ0v) is 7.30. The van der Waals surface area contributed by atoms with Gasteiger partial charge < -0.3 is 10.4 Å². The molecule has 0 fully saturated rings. The molecule has 0 aromatic heterocycles. The molecule has 0 aliphatic carbocycles. The van der Waals surface area contributed by atoms with E-state index in [-0.39, 0.29) is 0 Å². The smallest absolute Gasteiger partial charge is 0.328 e. The van der Waals surface area contributed by atoms with Crippen LogP contribution in [-0.4, -0.2) is 28.9 Å². The zero-order chi connectivity index (χ0) is 8.69. The van der Waals surface area contributed by atoms with Crippen LogP contribution < -0.4 is 5.32 Å². The molecule has 5 heteroatoms. The second kappa shape index (κ2) is 5.91. The van der Waals surface area contributed by atoms with E-state index in [1.165, 1.54) is 0 Å². The van der Waals surface area contributed by atoms with Crippen LogP contribution in [0.15, 0.2) is 12.2 Å². The molecule has 1 amide bonds. The van der Waals surface area contributed by atoms with Crippen molar-refractivity contribution in [2.45, 2.75) is 0 Å². The Hall–Kier alpha value is -0.840. The van der Waals surface area contributed by atoms with Crippen LogP contribution in [0.25, 0.3) is 0 Å². The summed E-state index contributed by atoms with van der Waals surface area (Å²) in [6.45, 7) is 0.489. The number of hydrogen-bond acceptors (Lipinski definition) is 2. The van der Waals surface area contributed by atoms with Crippen LogP contribution in [0.4, 0.5) is 0 Å². The summed E-state index contributed by atoms with van der Waals surface area (Å²) >= 11 is 3.10. The van der Waals surface area contributed by atoms with E-state index in [2.05, 4.69) is 21.2 Å². The van der Waals surface area contributed by atoms with Gasteiger partial charge in [0.1, 0.15) is 0 Å². The van der Waals surface area contributed by atoms with E-state index in [4.69, 9.17) is 5.11 Å². The third-order valence-corrected chi connectivity index (χ3v) is 1.17. The minimum absolute atomic E-state index is 0.396. The molecular formula is C6H8BrNO3. The summed E-state index contributed by atoms with van der Waals surface area (Å²) in [5, 5.41) is 11.2. The predicted octanol–water partition coefficient (Wildman–Crippen LogP) is 0.138. The average molecular weight is 222 g/mol. The number of amides is 1. The first-order valence-corrected chi connectivity index (χ1v) is 4.03. The molecule has 0 saturated heterocycles. The second-order valence-electron chi connectivity index (χ2n) is 1.65. The molecule has 0 unspecified atom stereocenters. The minimum Gasteiger partial charge on any atom is -0.478 e. The van der Waals surface area contributed by atoms with Crippen LogP contribution >= 0.6 is 15.9 Å². The first-order valence-electron chi connectivity index (χ1n) is 2.91. The molecule has 0 heterocycles. The fraction of sp³-hybridized carbons (Fsp3) is 0.333. The lowest BCUT2D eigenvalue weighted by atomic mass is 10.4. The Balaban J connectivity index is 3.60. The molecule has 0 spiro atoms. The van der Waals surface area contributed by atoms with Gasteiger partial charge in [0.05, 0.1) is 0 Å². The van der Waals surface area contributed by atoms with Crippen molar-refractivity contribution in [2.75, 3.05) is 11.9 Å². The molecule has 0 aliphatic heterocycles. The van der Waals surface area contributed by atoms with Gasteiger partial charge in [-0.05, 0) is 0 Å². The summed E-state index contributed by atoms with van der Waals surface area (Å²) in [5.41, 5.74) is 0. The van der Waals surface area contributed by atoms with E-state index < -0.39 is 11.9 Å². The van der Waals surface area contributed by atoms with E-state index in [9.17, 15) is 9.59 Å². The van der Waals surface area contributed by atoms with E-state index in [0.717, 1.165) is 12.2 Å². The number of hydrogen-bond donors (Lipinski definition) is 2. The molecule has 0 bridgehead atoms. The van der Waals surface area contributed by atoms with Crippen molar-refractivity contribution in [3.05, 3.63) is 12.2 Å². The van der Waals surface area contributed by atoms with E-state index in [1.54, 1.807) is 0 Å². The van der Waals surface area contributed by atoms with Gasteiger partial charge in [-0.2, -0.15) is 0 Å². The van der Waals surface area contributed by atoms with Crippen molar-refractivity contribution >= 4 is 27.8 Å². The van der Waals surface area contributed by atoms with Crippen LogP contribution in [0.3, 0.4) is 0 Å². The average Bonchev–Trinajstić information content (AvgIpc) is 1.97. The fourth-order valence-corrected chi connectivity index (χ4v) is 0.575. The van der Waals surface area contributed by atoms with Crippen molar-refractivity contribution in [1.82, 2.24) is 5.32 Å². The van der Waals surface area contributed by atoms with Crippen LogP contribution in [0.5, 0.6) is 0 Å². The molecular weight excluding hydrogens is 214 g/mol. The lowest BCUT2D eigenvalue weighted by molar-refractivity contribution is -0.131. The second-order valence-corrected chi connectivity index (χ2v) is 2.44. The van der Waals surface area contributed by atoms with Crippen LogP contribution in [-0.2, 0) is 9.59 Å². The minimum atomic E-state index is -1.13. The van der Waals surface area contributed by atoms with Gasteiger partial charge in [-0.15, -0.1) is 0 Å². The van der Waals surface area contributed by atoms with Crippen molar-refractivity contribution < 1.29 is 14.7 Å². The van der Waals surface area contributed by atoms with Crippen molar-refractivity contribution in [3.8, 4) is 0 Å². The zero-order valence-electron chi connectivity index (χ0n) is 5.71. The van der Waals surface area contributed by atoms with Gasteiger partial charge in [-0.3, -0.25) is 4.79 Å². The molecule has 62 valence electrons. The SMILES string of the molecule is O=C(O)/C=C/C(=O)NCCBr. The quantitative estimate of drug-likeness (QED) is 0.525.